The topological polar surface area (TPSA) is 101 Å². The van der Waals surface area contributed by atoms with Gasteiger partial charge in [-0.1, -0.05) is 91.0 Å². The number of hydrogen-bond acceptors (Lipinski definition) is 6. The van der Waals surface area contributed by atoms with Crippen molar-refractivity contribution in [2.24, 2.45) is 0 Å². The van der Waals surface area contributed by atoms with Crippen LogP contribution in [0.3, 0.4) is 0 Å². The first-order chi connectivity index (χ1) is 23.3. The minimum atomic E-state index is -4.09. The summed E-state index contributed by atoms with van der Waals surface area (Å²) in [4.78, 5) is 52.3. The molecule has 5 aromatic rings. The number of carbonyl (C=O) groups excluding carboxylic acids is 4. The molecule has 8 nitrogen and oxygen atoms in total. The van der Waals surface area contributed by atoms with Gasteiger partial charge < -0.3 is 4.52 Å². The van der Waals surface area contributed by atoms with Crippen LogP contribution < -0.4 is 19.6 Å². The predicted octanol–water partition coefficient (Wildman–Crippen LogP) is 6.50. The molecule has 3 aliphatic heterocycles. The van der Waals surface area contributed by atoms with Crippen molar-refractivity contribution in [1.29, 1.82) is 0 Å². The van der Waals surface area contributed by atoms with Gasteiger partial charge in [-0.25, -0.2) is 9.80 Å². The highest BCUT2D eigenvalue weighted by Gasteiger charge is 2.58. The van der Waals surface area contributed by atoms with Gasteiger partial charge in [-0.2, -0.15) is 0 Å². The Morgan fingerprint density at radius 3 is 1.40 bits per heavy atom. The van der Waals surface area contributed by atoms with Crippen LogP contribution in [0.2, 0.25) is 0 Å². The maximum atomic E-state index is 16.5. The van der Waals surface area contributed by atoms with Crippen LogP contribution in [0, 0.1) is 0 Å². The van der Waals surface area contributed by atoms with E-state index in [-0.39, 0.29) is 0 Å². The summed E-state index contributed by atoms with van der Waals surface area (Å²) in [5.41, 5.74) is 4.12. The second-order valence-electron chi connectivity index (χ2n) is 11.5. The zero-order chi connectivity index (χ0) is 33.0. The maximum Gasteiger partial charge on any atom is 0.296 e. The lowest BCUT2D eigenvalue weighted by Gasteiger charge is -2.44. The molecule has 8 rings (SSSR count). The van der Waals surface area contributed by atoms with E-state index in [1.54, 1.807) is 54.6 Å². The van der Waals surface area contributed by atoms with Crippen molar-refractivity contribution < 1.29 is 28.3 Å². The van der Waals surface area contributed by atoms with Crippen molar-refractivity contribution in [3.8, 4) is 16.9 Å². The van der Waals surface area contributed by atoms with Crippen LogP contribution in [0.4, 0.5) is 11.4 Å². The molecule has 0 saturated carbocycles. The van der Waals surface area contributed by atoms with E-state index in [9.17, 15) is 19.2 Å². The Labute approximate surface area is 275 Å². The lowest BCUT2D eigenvalue weighted by Crippen LogP contribution is -2.38. The molecule has 1 atom stereocenters. The SMILES string of the molecule is O=C1C=CC(=O)N1c1ccc(C(c2ccccc2)(c2ccc(N3C(=O)C=CC3=O)cc2)P2(=O)Oc3ccccc3-c3ccccc32)cc1. The first-order valence-corrected chi connectivity index (χ1v) is 16.8. The summed E-state index contributed by atoms with van der Waals surface area (Å²) in [6.07, 6.45) is 4.89. The third kappa shape index (κ3) is 4.20. The van der Waals surface area contributed by atoms with E-state index >= 15 is 4.57 Å². The highest BCUT2D eigenvalue weighted by molar-refractivity contribution is 7.69. The van der Waals surface area contributed by atoms with Crippen LogP contribution in [0.5, 0.6) is 5.75 Å². The van der Waals surface area contributed by atoms with Gasteiger partial charge in [0.05, 0.1) is 16.7 Å². The summed E-state index contributed by atoms with van der Waals surface area (Å²) in [5.74, 6) is -1.34. The third-order valence-corrected chi connectivity index (χ3v) is 12.1. The van der Waals surface area contributed by atoms with Gasteiger partial charge in [0, 0.05) is 29.9 Å². The number of para-hydroxylation sites is 1. The molecule has 0 aliphatic carbocycles. The van der Waals surface area contributed by atoms with Gasteiger partial charge in [-0.15, -0.1) is 0 Å². The molecule has 4 amide bonds. The van der Waals surface area contributed by atoms with Crippen LogP contribution in [0.1, 0.15) is 16.7 Å². The van der Waals surface area contributed by atoms with Crippen molar-refractivity contribution in [1.82, 2.24) is 0 Å². The Balaban J connectivity index is 1.42. The van der Waals surface area contributed by atoms with Crippen LogP contribution in [0.15, 0.2) is 152 Å². The average Bonchev–Trinajstić information content (AvgIpc) is 3.64. The van der Waals surface area contributed by atoms with Crippen LogP contribution >= 0.6 is 7.37 Å². The molecule has 0 N–H and O–H groups in total. The molecule has 0 radical (unpaired) electrons. The fraction of sp³-hybridized carbons (Fsp3) is 0.0256. The fourth-order valence-corrected chi connectivity index (χ4v) is 10.2. The maximum absolute atomic E-state index is 16.5. The lowest BCUT2D eigenvalue weighted by atomic mass is 9.83. The second-order valence-corrected chi connectivity index (χ2v) is 14.0. The van der Waals surface area contributed by atoms with Crippen molar-refractivity contribution in [3.63, 3.8) is 0 Å². The van der Waals surface area contributed by atoms with Gasteiger partial charge in [0.2, 0.25) is 0 Å². The second kappa shape index (κ2) is 11.0. The molecule has 1 unspecified atom stereocenters. The van der Waals surface area contributed by atoms with Gasteiger partial charge in [0.1, 0.15) is 10.9 Å². The zero-order valence-corrected chi connectivity index (χ0v) is 26.1. The molecule has 0 bridgehead atoms. The number of fused-ring (bicyclic) bond motifs is 3. The molecule has 3 aliphatic rings. The highest BCUT2D eigenvalue weighted by Crippen LogP contribution is 2.71. The zero-order valence-electron chi connectivity index (χ0n) is 25.2. The molecule has 3 heterocycles. The summed E-state index contributed by atoms with van der Waals surface area (Å²) in [5, 5.41) is -0.979. The van der Waals surface area contributed by atoms with Gasteiger partial charge in [0.15, 0.2) is 0 Å². The Morgan fingerprint density at radius 2 is 0.875 bits per heavy atom. The number of carbonyl (C=O) groups is 4. The molecule has 9 heteroatoms. The first-order valence-electron chi connectivity index (χ1n) is 15.2. The Hall–Kier alpha value is -6.11. The normalized spacial score (nSPS) is 18.2. The Bertz CT molecular complexity index is 2150. The molecule has 0 spiro atoms. The summed E-state index contributed by atoms with van der Waals surface area (Å²) in [6.45, 7) is 0. The number of anilines is 2. The van der Waals surface area contributed by atoms with E-state index in [2.05, 4.69) is 0 Å². The van der Waals surface area contributed by atoms with Crippen LogP contribution in [-0.4, -0.2) is 23.6 Å². The highest BCUT2D eigenvalue weighted by atomic mass is 31.2. The number of hydrogen-bond donors (Lipinski definition) is 0. The van der Waals surface area contributed by atoms with Crippen molar-refractivity contribution in [2.45, 2.75) is 5.16 Å². The predicted molar refractivity (Wildman–Crippen MR) is 182 cm³/mol. The van der Waals surface area contributed by atoms with E-state index in [0.717, 1.165) is 20.9 Å². The number of nitrogens with zero attached hydrogens (tertiary/aromatic N) is 2. The molecular formula is C39H25N2O6P. The number of benzene rings is 5. The Kier molecular flexibility index (Phi) is 6.72. The minimum Gasteiger partial charge on any atom is -0.438 e. The lowest BCUT2D eigenvalue weighted by molar-refractivity contribution is -0.121. The van der Waals surface area contributed by atoms with Crippen molar-refractivity contribution in [2.75, 3.05) is 9.80 Å². The van der Waals surface area contributed by atoms with Gasteiger partial charge in [-0.05, 0) is 58.7 Å². The van der Waals surface area contributed by atoms with Crippen LogP contribution in [0.25, 0.3) is 11.1 Å². The monoisotopic (exact) mass is 648 g/mol. The molecule has 5 aromatic carbocycles. The molecular weight excluding hydrogens is 623 g/mol. The standard InChI is InChI=1S/C39H25N2O6P/c42-35-22-23-36(43)40(35)29-18-14-27(15-19-29)39(26-8-2-1-3-9-26,28-16-20-30(21-17-28)41-37(44)24-25-38(41)45)48(46)34-13-7-5-11-32(34)31-10-4-6-12-33(31)47-48/h1-25H. The van der Waals surface area contributed by atoms with Gasteiger partial charge >= 0.3 is 0 Å². The quantitative estimate of drug-likeness (QED) is 0.118. The number of amides is 4. The summed E-state index contributed by atoms with van der Waals surface area (Å²) >= 11 is 0. The van der Waals surface area contributed by atoms with E-state index < -0.39 is 36.2 Å². The largest absolute Gasteiger partial charge is 0.438 e. The van der Waals surface area contributed by atoms with Gasteiger partial charge in [-0.3, -0.25) is 23.7 Å². The van der Waals surface area contributed by atoms with Gasteiger partial charge in [0.25, 0.3) is 31.0 Å². The molecule has 0 saturated heterocycles. The summed E-state index contributed by atoms with van der Waals surface area (Å²) in [6, 6.07) is 38.0. The average molecular weight is 649 g/mol. The van der Waals surface area contributed by atoms with Crippen LogP contribution in [-0.2, 0) is 28.9 Å². The van der Waals surface area contributed by atoms with Crippen molar-refractivity contribution in [3.05, 3.63) is 168 Å². The van der Waals surface area contributed by atoms with E-state index in [1.807, 2.05) is 72.8 Å². The Morgan fingerprint density at radius 1 is 0.458 bits per heavy atom. The number of rotatable bonds is 6. The van der Waals surface area contributed by atoms with E-state index in [1.165, 1.54) is 24.3 Å². The molecule has 48 heavy (non-hydrogen) atoms. The smallest absolute Gasteiger partial charge is 0.296 e. The first kappa shape index (κ1) is 29.3. The van der Waals surface area contributed by atoms with Crippen molar-refractivity contribution >= 4 is 47.7 Å². The van der Waals surface area contributed by atoms with E-state index in [4.69, 9.17) is 4.52 Å². The molecule has 0 aromatic heterocycles. The fourth-order valence-electron chi connectivity index (χ4n) is 6.87. The summed E-state index contributed by atoms with van der Waals surface area (Å²) in [7, 11) is -4.09. The third-order valence-electron chi connectivity index (χ3n) is 8.96. The number of imide groups is 2. The van der Waals surface area contributed by atoms with E-state index in [0.29, 0.717) is 39.1 Å². The summed E-state index contributed by atoms with van der Waals surface area (Å²) < 4.78 is 23.3. The minimum absolute atomic E-state index is 0.364. The molecule has 0 fully saturated rings. The molecule has 232 valence electrons.